The lowest BCUT2D eigenvalue weighted by molar-refractivity contribution is -0.132. The number of ketones is 1. The van der Waals surface area contributed by atoms with Gasteiger partial charge in [0.25, 0.3) is 5.91 Å². The van der Waals surface area contributed by atoms with Crippen LogP contribution in [-0.4, -0.2) is 53.6 Å². The van der Waals surface area contributed by atoms with E-state index in [1.54, 1.807) is 41.7 Å². The number of amides is 3. The number of nitrogens with zero attached hydrogens (tertiary/aromatic N) is 2. The number of methoxy groups -OCH3 is 1. The standard InChI is InChI=1S/C28H30N4O5S/c1-37-22-9-7-20(8-10-22)24(33)11-12-26(35)32-15-13-21(14-16-32)28-29-23(18-38-28)27(36)31-30-25(34)17-19-5-3-2-4-6-19/h2-10,18,21H,11-17H2,1H3,(H,30,34)(H,31,36). The van der Waals surface area contributed by atoms with Crippen molar-refractivity contribution in [2.24, 2.45) is 0 Å². The zero-order valence-electron chi connectivity index (χ0n) is 21.1. The van der Waals surface area contributed by atoms with Crippen LogP contribution in [0.15, 0.2) is 60.0 Å². The Kier molecular flexibility index (Phi) is 9.21. The summed E-state index contributed by atoms with van der Waals surface area (Å²) < 4.78 is 5.11. The summed E-state index contributed by atoms with van der Waals surface area (Å²) in [6, 6.07) is 16.1. The van der Waals surface area contributed by atoms with E-state index in [1.807, 2.05) is 30.3 Å². The predicted octanol–water partition coefficient (Wildman–Crippen LogP) is 3.52. The van der Waals surface area contributed by atoms with Crippen molar-refractivity contribution in [3.05, 3.63) is 81.8 Å². The van der Waals surface area contributed by atoms with Gasteiger partial charge in [0, 0.05) is 42.8 Å². The Balaban J connectivity index is 1.19. The smallest absolute Gasteiger partial charge is 0.289 e. The fraction of sp³-hybridized carbons (Fsp3) is 0.321. The van der Waals surface area contributed by atoms with E-state index < -0.39 is 5.91 Å². The van der Waals surface area contributed by atoms with E-state index in [-0.39, 0.29) is 48.5 Å². The number of carbonyl (C=O) groups excluding carboxylic acids is 4. The van der Waals surface area contributed by atoms with Gasteiger partial charge in [-0.05, 0) is 42.7 Å². The van der Waals surface area contributed by atoms with Crippen molar-refractivity contribution in [2.45, 2.75) is 38.0 Å². The first kappa shape index (κ1) is 27.0. The SMILES string of the molecule is COc1ccc(C(=O)CCC(=O)N2CCC(c3nc(C(=O)NNC(=O)Cc4ccccc4)cs3)CC2)cc1. The summed E-state index contributed by atoms with van der Waals surface area (Å²) in [5, 5.41) is 2.52. The van der Waals surface area contributed by atoms with Crippen LogP contribution in [-0.2, 0) is 16.0 Å². The molecule has 38 heavy (non-hydrogen) atoms. The molecule has 0 aliphatic carbocycles. The maximum Gasteiger partial charge on any atom is 0.289 e. The van der Waals surface area contributed by atoms with Gasteiger partial charge < -0.3 is 9.64 Å². The average Bonchev–Trinajstić information content (AvgIpc) is 3.46. The molecule has 3 amide bonds. The van der Waals surface area contributed by atoms with E-state index >= 15 is 0 Å². The molecule has 1 aliphatic heterocycles. The molecule has 10 heteroatoms. The number of ether oxygens (including phenoxy) is 1. The summed E-state index contributed by atoms with van der Waals surface area (Å²) in [7, 11) is 1.57. The molecule has 0 bridgehead atoms. The van der Waals surface area contributed by atoms with Crippen molar-refractivity contribution in [3.63, 3.8) is 0 Å². The third-order valence-electron chi connectivity index (χ3n) is 6.45. The van der Waals surface area contributed by atoms with E-state index in [9.17, 15) is 19.2 Å². The second kappa shape index (κ2) is 13.0. The second-order valence-electron chi connectivity index (χ2n) is 9.04. The van der Waals surface area contributed by atoms with Crippen LogP contribution in [0.5, 0.6) is 5.75 Å². The lowest BCUT2D eigenvalue weighted by Gasteiger charge is -2.31. The normalized spacial score (nSPS) is 13.6. The lowest BCUT2D eigenvalue weighted by atomic mass is 9.97. The number of hydrogen-bond donors (Lipinski definition) is 2. The van der Waals surface area contributed by atoms with E-state index in [0.29, 0.717) is 24.4 Å². The van der Waals surface area contributed by atoms with Crippen LogP contribution in [0.1, 0.15) is 63.0 Å². The average molecular weight is 535 g/mol. The minimum Gasteiger partial charge on any atom is -0.497 e. The van der Waals surface area contributed by atoms with Crippen LogP contribution < -0.4 is 15.6 Å². The van der Waals surface area contributed by atoms with Gasteiger partial charge in [-0.2, -0.15) is 0 Å². The van der Waals surface area contributed by atoms with Crippen molar-refractivity contribution < 1.29 is 23.9 Å². The molecule has 4 rings (SSSR count). The zero-order chi connectivity index (χ0) is 26.9. The number of nitrogens with one attached hydrogen (secondary N) is 2. The number of carbonyl (C=O) groups is 4. The largest absolute Gasteiger partial charge is 0.497 e. The molecular formula is C28H30N4O5S. The summed E-state index contributed by atoms with van der Waals surface area (Å²) in [6.07, 6.45) is 1.97. The summed E-state index contributed by atoms with van der Waals surface area (Å²) in [4.78, 5) is 55.8. The Morgan fingerprint density at radius 2 is 1.68 bits per heavy atom. The number of likely N-dealkylation sites (tertiary alicyclic amines) is 1. The highest BCUT2D eigenvalue weighted by molar-refractivity contribution is 7.09. The molecule has 2 N–H and O–H groups in total. The number of Topliss-reactive ketones (excluding diaryl/α,β-unsaturated/α-hetero) is 1. The third-order valence-corrected chi connectivity index (χ3v) is 7.46. The molecule has 0 saturated carbocycles. The molecule has 9 nitrogen and oxygen atoms in total. The van der Waals surface area contributed by atoms with E-state index in [2.05, 4.69) is 15.8 Å². The van der Waals surface area contributed by atoms with Gasteiger partial charge in [-0.25, -0.2) is 4.98 Å². The van der Waals surface area contributed by atoms with Crippen LogP contribution in [0, 0.1) is 0 Å². The fourth-order valence-corrected chi connectivity index (χ4v) is 5.24. The van der Waals surface area contributed by atoms with E-state index in [0.717, 1.165) is 23.4 Å². The van der Waals surface area contributed by atoms with Crippen LogP contribution in [0.4, 0.5) is 0 Å². The van der Waals surface area contributed by atoms with Gasteiger partial charge in [-0.15, -0.1) is 11.3 Å². The van der Waals surface area contributed by atoms with Gasteiger partial charge >= 0.3 is 0 Å². The van der Waals surface area contributed by atoms with E-state index in [1.165, 1.54) is 11.3 Å². The molecule has 2 aromatic carbocycles. The fourth-order valence-electron chi connectivity index (χ4n) is 4.27. The first-order valence-corrected chi connectivity index (χ1v) is 13.3. The van der Waals surface area contributed by atoms with Gasteiger partial charge in [-0.3, -0.25) is 30.0 Å². The topological polar surface area (TPSA) is 118 Å². The summed E-state index contributed by atoms with van der Waals surface area (Å²) in [6.45, 7) is 1.16. The summed E-state index contributed by atoms with van der Waals surface area (Å²) >= 11 is 1.40. The molecule has 0 atom stereocenters. The Hall–Kier alpha value is -4.05. The predicted molar refractivity (Wildman–Crippen MR) is 143 cm³/mol. The first-order chi connectivity index (χ1) is 18.4. The Morgan fingerprint density at radius 3 is 2.37 bits per heavy atom. The van der Waals surface area contributed by atoms with Crippen LogP contribution in [0.2, 0.25) is 0 Å². The highest BCUT2D eigenvalue weighted by atomic mass is 32.1. The molecule has 198 valence electrons. The van der Waals surface area contributed by atoms with Crippen LogP contribution in [0.25, 0.3) is 0 Å². The molecule has 1 aromatic heterocycles. The third kappa shape index (κ3) is 7.25. The van der Waals surface area contributed by atoms with Crippen molar-refractivity contribution in [2.75, 3.05) is 20.2 Å². The Morgan fingerprint density at radius 1 is 0.974 bits per heavy atom. The number of hydrogen-bond acceptors (Lipinski definition) is 7. The summed E-state index contributed by atoms with van der Waals surface area (Å²) in [5.41, 5.74) is 6.51. The van der Waals surface area contributed by atoms with Crippen molar-refractivity contribution in [1.29, 1.82) is 0 Å². The van der Waals surface area contributed by atoms with Gasteiger partial charge in [-0.1, -0.05) is 30.3 Å². The number of rotatable bonds is 9. The maximum atomic E-state index is 12.7. The highest BCUT2D eigenvalue weighted by Gasteiger charge is 2.26. The Bertz CT molecular complexity index is 1270. The van der Waals surface area contributed by atoms with Gasteiger partial charge in [0.2, 0.25) is 11.8 Å². The molecule has 3 aromatic rings. The minimum absolute atomic E-state index is 0.0317. The highest BCUT2D eigenvalue weighted by Crippen LogP contribution is 2.30. The van der Waals surface area contributed by atoms with Crippen LogP contribution >= 0.6 is 11.3 Å². The molecule has 0 spiro atoms. The molecule has 0 radical (unpaired) electrons. The molecule has 1 aliphatic rings. The maximum absolute atomic E-state index is 12.7. The molecule has 2 heterocycles. The van der Waals surface area contributed by atoms with Crippen LogP contribution in [0.3, 0.4) is 0 Å². The van der Waals surface area contributed by atoms with Gasteiger partial charge in [0.05, 0.1) is 18.5 Å². The van der Waals surface area contributed by atoms with Crippen molar-refractivity contribution in [3.8, 4) is 5.75 Å². The summed E-state index contributed by atoms with van der Waals surface area (Å²) in [5.74, 6) is -0.0550. The number of hydrazine groups is 1. The molecule has 1 saturated heterocycles. The number of piperidine rings is 1. The van der Waals surface area contributed by atoms with Crippen molar-refractivity contribution >= 4 is 34.8 Å². The van der Waals surface area contributed by atoms with Crippen molar-refractivity contribution in [1.82, 2.24) is 20.7 Å². The first-order valence-electron chi connectivity index (χ1n) is 12.5. The second-order valence-corrected chi connectivity index (χ2v) is 9.93. The molecule has 0 unspecified atom stereocenters. The Labute approximate surface area is 225 Å². The quantitative estimate of drug-likeness (QED) is 0.320. The van der Waals surface area contributed by atoms with Gasteiger partial charge in [0.15, 0.2) is 5.78 Å². The minimum atomic E-state index is -0.469. The number of thiazole rings is 1. The molecular weight excluding hydrogens is 504 g/mol. The number of aromatic nitrogens is 1. The van der Waals surface area contributed by atoms with E-state index in [4.69, 9.17) is 4.74 Å². The lowest BCUT2D eigenvalue weighted by Crippen LogP contribution is -2.42. The number of benzene rings is 2. The van der Waals surface area contributed by atoms with Gasteiger partial charge in [0.1, 0.15) is 11.4 Å². The zero-order valence-corrected chi connectivity index (χ0v) is 22.0. The molecule has 1 fully saturated rings. The monoisotopic (exact) mass is 534 g/mol.